The largest absolute Gasteiger partial charge is 0.313 e. The minimum Gasteiger partial charge on any atom is -0.313 e. The van der Waals surface area contributed by atoms with Crippen molar-refractivity contribution < 1.29 is 16.8 Å². The third-order valence-electron chi connectivity index (χ3n) is 2.99. The molecule has 1 aromatic carbocycles. The van der Waals surface area contributed by atoms with E-state index in [-0.39, 0.29) is 9.79 Å². The number of hydrogen-bond donors (Lipinski definition) is 2. The van der Waals surface area contributed by atoms with Crippen LogP contribution in [0.5, 0.6) is 0 Å². The zero-order valence-corrected chi connectivity index (χ0v) is 12.8. The lowest BCUT2D eigenvalue weighted by molar-refractivity contribution is 0.575. The average Bonchev–Trinajstić information content (AvgIpc) is 3.18. The fourth-order valence-electron chi connectivity index (χ4n) is 1.70. The monoisotopic (exact) mass is 318 g/mol. The summed E-state index contributed by atoms with van der Waals surface area (Å²) in [5.41, 5.74) is 0. The summed E-state index contributed by atoms with van der Waals surface area (Å²) >= 11 is 0. The van der Waals surface area contributed by atoms with Crippen LogP contribution < -0.4 is 10.0 Å². The summed E-state index contributed by atoms with van der Waals surface area (Å²) in [5.74, 6) is 0. The Hall–Kier alpha value is -0.960. The minimum absolute atomic E-state index is 0.0660. The molecule has 0 saturated heterocycles. The van der Waals surface area contributed by atoms with Crippen molar-refractivity contribution in [2.45, 2.75) is 28.7 Å². The molecular weight excluding hydrogens is 300 g/mol. The van der Waals surface area contributed by atoms with Gasteiger partial charge in [0.2, 0.25) is 10.0 Å². The maximum Gasteiger partial charge on any atom is 0.240 e. The second-order valence-corrected chi connectivity index (χ2v) is 8.65. The first-order chi connectivity index (χ1) is 9.29. The molecule has 0 unspecified atom stereocenters. The molecule has 112 valence electrons. The predicted octanol–water partition coefficient (Wildman–Crippen LogP) is 0.120. The number of sulfonamides is 1. The highest BCUT2D eigenvalue weighted by Crippen LogP contribution is 2.18. The Morgan fingerprint density at radius 3 is 2.05 bits per heavy atom. The Bertz CT molecular complexity index is 662. The number of nitrogens with one attached hydrogen (secondary N) is 2. The van der Waals surface area contributed by atoms with Crippen molar-refractivity contribution >= 4 is 19.9 Å². The summed E-state index contributed by atoms with van der Waals surface area (Å²) < 4.78 is 49.0. The highest BCUT2D eigenvalue weighted by molar-refractivity contribution is 7.90. The van der Waals surface area contributed by atoms with E-state index in [0.29, 0.717) is 19.1 Å². The summed E-state index contributed by atoms with van der Waals surface area (Å²) in [5, 5.41) is 3.20. The van der Waals surface area contributed by atoms with E-state index in [1.807, 2.05) is 0 Å². The van der Waals surface area contributed by atoms with Gasteiger partial charge >= 0.3 is 0 Å². The van der Waals surface area contributed by atoms with E-state index in [2.05, 4.69) is 10.0 Å². The molecule has 1 aliphatic carbocycles. The molecule has 2 N–H and O–H groups in total. The fourth-order valence-corrected chi connectivity index (χ4v) is 3.36. The first-order valence-electron chi connectivity index (χ1n) is 6.32. The Morgan fingerprint density at radius 1 is 1.00 bits per heavy atom. The number of sulfone groups is 1. The standard InChI is InChI=1S/C12H18N2O4S2/c1-19(15,16)11-4-6-12(7-5-11)20(17,18)14-9-8-13-10-2-3-10/h4-7,10,13-14H,2-3,8-9H2,1H3. The third kappa shape index (κ3) is 4.27. The summed E-state index contributed by atoms with van der Waals surface area (Å²) in [6.45, 7) is 0.901. The van der Waals surface area contributed by atoms with Crippen LogP contribution in [-0.2, 0) is 19.9 Å². The van der Waals surface area contributed by atoms with Gasteiger partial charge in [0, 0.05) is 25.4 Å². The fraction of sp³-hybridized carbons (Fsp3) is 0.500. The van der Waals surface area contributed by atoms with Gasteiger partial charge in [-0.2, -0.15) is 0 Å². The zero-order chi connectivity index (χ0) is 14.8. The van der Waals surface area contributed by atoms with Crippen molar-refractivity contribution in [1.29, 1.82) is 0 Å². The van der Waals surface area contributed by atoms with Crippen LogP contribution >= 0.6 is 0 Å². The maximum absolute atomic E-state index is 12.0. The van der Waals surface area contributed by atoms with Gasteiger partial charge in [-0.1, -0.05) is 0 Å². The molecule has 0 aromatic heterocycles. The van der Waals surface area contributed by atoms with Crippen molar-refractivity contribution in [2.75, 3.05) is 19.3 Å². The lowest BCUT2D eigenvalue weighted by atomic mass is 10.4. The van der Waals surface area contributed by atoms with Crippen molar-refractivity contribution in [3.8, 4) is 0 Å². The molecule has 0 bridgehead atoms. The van der Waals surface area contributed by atoms with Gasteiger partial charge in [0.25, 0.3) is 0 Å². The molecule has 1 fully saturated rings. The first kappa shape index (κ1) is 15.4. The van der Waals surface area contributed by atoms with Crippen molar-refractivity contribution in [1.82, 2.24) is 10.0 Å². The molecule has 6 nitrogen and oxygen atoms in total. The van der Waals surface area contributed by atoms with Crippen LogP contribution in [-0.4, -0.2) is 42.2 Å². The molecule has 1 saturated carbocycles. The molecule has 2 rings (SSSR count). The molecule has 20 heavy (non-hydrogen) atoms. The molecule has 0 spiro atoms. The molecule has 1 aliphatic rings. The van der Waals surface area contributed by atoms with Gasteiger partial charge in [-0.3, -0.25) is 0 Å². The molecule has 0 heterocycles. The van der Waals surface area contributed by atoms with Gasteiger partial charge in [0.1, 0.15) is 0 Å². The Kier molecular flexibility index (Phi) is 4.48. The summed E-state index contributed by atoms with van der Waals surface area (Å²) in [7, 11) is -6.90. The van der Waals surface area contributed by atoms with Crippen LogP contribution in [0, 0.1) is 0 Å². The van der Waals surface area contributed by atoms with Crippen LogP contribution in [0.3, 0.4) is 0 Å². The SMILES string of the molecule is CS(=O)(=O)c1ccc(S(=O)(=O)NCCNC2CC2)cc1. The van der Waals surface area contributed by atoms with Crippen molar-refractivity contribution in [3.05, 3.63) is 24.3 Å². The lowest BCUT2D eigenvalue weighted by Gasteiger charge is -2.08. The van der Waals surface area contributed by atoms with Gasteiger partial charge < -0.3 is 5.32 Å². The second kappa shape index (κ2) is 5.80. The molecule has 0 aliphatic heterocycles. The summed E-state index contributed by atoms with van der Waals surface area (Å²) in [6.07, 6.45) is 3.39. The highest BCUT2D eigenvalue weighted by Gasteiger charge is 2.20. The molecule has 0 amide bonds. The van der Waals surface area contributed by atoms with E-state index >= 15 is 0 Å². The number of hydrogen-bond acceptors (Lipinski definition) is 5. The summed E-state index contributed by atoms with van der Waals surface area (Å²) in [6, 6.07) is 5.73. The molecular formula is C12H18N2O4S2. The van der Waals surface area contributed by atoms with E-state index in [1.54, 1.807) is 0 Å². The molecule has 1 aromatic rings. The van der Waals surface area contributed by atoms with Crippen LogP contribution in [0.25, 0.3) is 0 Å². The van der Waals surface area contributed by atoms with Gasteiger partial charge in [-0.25, -0.2) is 21.6 Å². The van der Waals surface area contributed by atoms with Crippen LogP contribution in [0.15, 0.2) is 34.1 Å². The van der Waals surface area contributed by atoms with Gasteiger partial charge in [0.05, 0.1) is 9.79 Å². The number of rotatable bonds is 7. The van der Waals surface area contributed by atoms with Crippen molar-refractivity contribution in [2.24, 2.45) is 0 Å². The average molecular weight is 318 g/mol. The zero-order valence-electron chi connectivity index (χ0n) is 11.2. The smallest absolute Gasteiger partial charge is 0.240 e. The Morgan fingerprint density at radius 2 is 1.55 bits per heavy atom. The van der Waals surface area contributed by atoms with Gasteiger partial charge in [0.15, 0.2) is 9.84 Å². The van der Waals surface area contributed by atoms with Crippen molar-refractivity contribution in [3.63, 3.8) is 0 Å². The third-order valence-corrected chi connectivity index (χ3v) is 5.60. The second-order valence-electron chi connectivity index (χ2n) is 4.87. The van der Waals surface area contributed by atoms with Crippen LogP contribution in [0.4, 0.5) is 0 Å². The minimum atomic E-state index is -3.58. The van der Waals surface area contributed by atoms with E-state index < -0.39 is 19.9 Å². The van der Waals surface area contributed by atoms with E-state index in [1.165, 1.54) is 24.3 Å². The molecule has 0 atom stereocenters. The van der Waals surface area contributed by atoms with Crippen LogP contribution in [0.2, 0.25) is 0 Å². The summed E-state index contributed by atoms with van der Waals surface area (Å²) in [4.78, 5) is 0.170. The quantitative estimate of drug-likeness (QED) is 0.697. The maximum atomic E-state index is 12.0. The van der Waals surface area contributed by atoms with Gasteiger partial charge in [-0.15, -0.1) is 0 Å². The van der Waals surface area contributed by atoms with E-state index in [0.717, 1.165) is 19.1 Å². The Balaban J connectivity index is 1.97. The number of benzene rings is 1. The predicted molar refractivity (Wildman–Crippen MR) is 75.8 cm³/mol. The Labute approximate surface area is 119 Å². The lowest BCUT2D eigenvalue weighted by Crippen LogP contribution is -2.32. The highest BCUT2D eigenvalue weighted by atomic mass is 32.2. The normalized spacial score (nSPS) is 16.2. The topological polar surface area (TPSA) is 92.3 Å². The van der Waals surface area contributed by atoms with E-state index in [4.69, 9.17) is 0 Å². The van der Waals surface area contributed by atoms with Gasteiger partial charge in [-0.05, 0) is 37.1 Å². The first-order valence-corrected chi connectivity index (χ1v) is 9.70. The molecule has 0 radical (unpaired) electrons. The van der Waals surface area contributed by atoms with Crippen LogP contribution in [0.1, 0.15) is 12.8 Å². The van der Waals surface area contributed by atoms with E-state index in [9.17, 15) is 16.8 Å². The molecule has 8 heteroatoms.